The van der Waals surface area contributed by atoms with Crippen molar-refractivity contribution in [3.8, 4) is 0 Å². The van der Waals surface area contributed by atoms with Crippen LogP contribution in [0.1, 0.15) is 5.82 Å². The van der Waals surface area contributed by atoms with Gasteiger partial charge in [-0.2, -0.15) is 0 Å². The SMILES string of the molecule is CN(C)C(=O)CNCc1nc2ccccc2n1C. The monoisotopic (exact) mass is 246 g/mol. The molecule has 0 unspecified atom stereocenters. The average Bonchev–Trinajstić information content (AvgIpc) is 2.67. The summed E-state index contributed by atoms with van der Waals surface area (Å²) >= 11 is 0. The molecule has 0 saturated carbocycles. The second-order valence-corrected chi connectivity index (χ2v) is 4.47. The van der Waals surface area contributed by atoms with Crippen molar-refractivity contribution in [2.24, 2.45) is 7.05 Å². The molecule has 1 aromatic heterocycles. The number of amides is 1. The minimum Gasteiger partial charge on any atom is -0.348 e. The summed E-state index contributed by atoms with van der Waals surface area (Å²) in [6.07, 6.45) is 0. The van der Waals surface area contributed by atoms with Crippen LogP contribution in [0, 0.1) is 0 Å². The van der Waals surface area contributed by atoms with Crippen LogP contribution in [-0.2, 0) is 18.4 Å². The molecule has 2 rings (SSSR count). The van der Waals surface area contributed by atoms with Crippen molar-refractivity contribution in [2.45, 2.75) is 6.54 Å². The van der Waals surface area contributed by atoms with E-state index in [2.05, 4.69) is 10.3 Å². The van der Waals surface area contributed by atoms with Gasteiger partial charge >= 0.3 is 0 Å². The highest BCUT2D eigenvalue weighted by Crippen LogP contribution is 2.13. The third-order valence-corrected chi connectivity index (χ3v) is 2.94. The van der Waals surface area contributed by atoms with E-state index in [4.69, 9.17) is 0 Å². The van der Waals surface area contributed by atoms with Crippen LogP contribution in [0.4, 0.5) is 0 Å². The minimum absolute atomic E-state index is 0.0637. The van der Waals surface area contributed by atoms with Crippen molar-refractivity contribution in [1.82, 2.24) is 19.8 Å². The van der Waals surface area contributed by atoms with Crippen molar-refractivity contribution in [1.29, 1.82) is 0 Å². The van der Waals surface area contributed by atoms with E-state index < -0.39 is 0 Å². The van der Waals surface area contributed by atoms with E-state index in [1.54, 1.807) is 19.0 Å². The first-order valence-corrected chi connectivity index (χ1v) is 5.91. The maximum absolute atomic E-state index is 11.4. The highest BCUT2D eigenvalue weighted by Gasteiger charge is 2.08. The van der Waals surface area contributed by atoms with Crippen LogP contribution in [0.3, 0.4) is 0 Å². The fourth-order valence-corrected chi connectivity index (χ4v) is 1.79. The van der Waals surface area contributed by atoms with Gasteiger partial charge in [0.25, 0.3) is 0 Å². The first-order valence-electron chi connectivity index (χ1n) is 5.91. The molecule has 1 aromatic carbocycles. The van der Waals surface area contributed by atoms with E-state index in [1.165, 1.54) is 0 Å². The summed E-state index contributed by atoms with van der Waals surface area (Å²) in [4.78, 5) is 17.5. The predicted octanol–water partition coefficient (Wildman–Crippen LogP) is 0.751. The van der Waals surface area contributed by atoms with Crippen LogP contribution < -0.4 is 5.32 Å². The second-order valence-electron chi connectivity index (χ2n) is 4.47. The van der Waals surface area contributed by atoms with Gasteiger partial charge in [-0.25, -0.2) is 4.98 Å². The minimum atomic E-state index is 0.0637. The molecule has 0 bridgehead atoms. The molecule has 0 fully saturated rings. The average molecular weight is 246 g/mol. The van der Waals surface area contributed by atoms with E-state index >= 15 is 0 Å². The molecule has 0 saturated heterocycles. The van der Waals surface area contributed by atoms with Crippen LogP contribution in [0.2, 0.25) is 0 Å². The number of benzene rings is 1. The highest BCUT2D eigenvalue weighted by atomic mass is 16.2. The lowest BCUT2D eigenvalue weighted by Gasteiger charge is -2.10. The van der Waals surface area contributed by atoms with Gasteiger partial charge in [0.1, 0.15) is 5.82 Å². The summed E-state index contributed by atoms with van der Waals surface area (Å²) in [6.45, 7) is 0.918. The molecule has 0 spiro atoms. The number of likely N-dealkylation sites (N-methyl/N-ethyl adjacent to an activating group) is 1. The zero-order chi connectivity index (χ0) is 13.1. The van der Waals surface area contributed by atoms with Crippen LogP contribution in [0.25, 0.3) is 11.0 Å². The maximum atomic E-state index is 11.4. The highest BCUT2D eigenvalue weighted by molar-refractivity contribution is 5.77. The molecule has 0 aliphatic carbocycles. The zero-order valence-corrected chi connectivity index (χ0v) is 11.0. The van der Waals surface area contributed by atoms with Gasteiger partial charge in [-0.3, -0.25) is 4.79 Å². The number of aromatic nitrogens is 2. The third kappa shape index (κ3) is 2.51. The van der Waals surface area contributed by atoms with Gasteiger partial charge < -0.3 is 14.8 Å². The molecule has 5 heteroatoms. The number of carbonyl (C=O) groups excluding carboxylic acids is 1. The lowest BCUT2D eigenvalue weighted by Crippen LogP contribution is -2.33. The van der Waals surface area contributed by atoms with Crippen molar-refractivity contribution in [3.05, 3.63) is 30.1 Å². The van der Waals surface area contributed by atoms with Gasteiger partial charge in [-0.05, 0) is 12.1 Å². The number of hydrogen-bond acceptors (Lipinski definition) is 3. The third-order valence-electron chi connectivity index (χ3n) is 2.94. The number of aryl methyl sites for hydroxylation is 1. The molecular weight excluding hydrogens is 228 g/mol. The largest absolute Gasteiger partial charge is 0.348 e. The molecule has 0 atom stereocenters. The van der Waals surface area contributed by atoms with E-state index in [0.29, 0.717) is 13.1 Å². The molecule has 18 heavy (non-hydrogen) atoms. The van der Waals surface area contributed by atoms with E-state index in [1.807, 2.05) is 35.9 Å². The summed E-state index contributed by atoms with van der Waals surface area (Å²) in [6, 6.07) is 8.00. The van der Waals surface area contributed by atoms with Crippen molar-refractivity contribution >= 4 is 16.9 Å². The summed E-state index contributed by atoms with van der Waals surface area (Å²) in [7, 11) is 5.48. The molecule has 1 amide bonds. The number of nitrogens with one attached hydrogen (secondary N) is 1. The summed E-state index contributed by atoms with van der Waals surface area (Å²) < 4.78 is 2.04. The Kier molecular flexibility index (Phi) is 3.62. The van der Waals surface area contributed by atoms with E-state index in [0.717, 1.165) is 16.9 Å². The van der Waals surface area contributed by atoms with Crippen LogP contribution >= 0.6 is 0 Å². The Morgan fingerprint density at radius 3 is 2.78 bits per heavy atom. The molecule has 0 radical (unpaired) electrons. The van der Waals surface area contributed by atoms with Gasteiger partial charge in [0.15, 0.2) is 0 Å². The normalized spacial score (nSPS) is 10.8. The predicted molar refractivity (Wildman–Crippen MR) is 71.1 cm³/mol. The number of para-hydroxylation sites is 2. The fraction of sp³-hybridized carbons (Fsp3) is 0.385. The number of carbonyl (C=O) groups is 1. The topological polar surface area (TPSA) is 50.2 Å². The Balaban J connectivity index is 2.04. The number of imidazole rings is 1. The molecule has 2 aromatic rings. The molecule has 0 aliphatic rings. The first kappa shape index (κ1) is 12.6. The summed E-state index contributed by atoms with van der Waals surface area (Å²) in [5, 5.41) is 3.11. The summed E-state index contributed by atoms with van der Waals surface area (Å²) in [5.41, 5.74) is 2.09. The zero-order valence-electron chi connectivity index (χ0n) is 11.0. The van der Waals surface area contributed by atoms with Gasteiger partial charge in [0.2, 0.25) is 5.91 Å². The lowest BCUT2D eigenvalue weighted by atomic mass is 10.3. The van der Waals surface area contributed by atoms with E-state index in [-0.39, 0.29) is 5.91 Å². The fourth-order valence-electron chi connectivity index (χ4n) is 1.79. The van der Waals surface area contributed by atoms with Crippen molar-refractivity contribution < 1.29 is 4.79 Å². The number of hydrogen-bond donors (Lipinski definition) is 1. The Morgan fingerprint density at radius 2 is 2.11 bits per heavy atom. The molecule has 5 nitrogen and oxygen atoms in total. The van der Waals surface area contributed by atoms with Crippen LogP contribution in [0.15, 0.2) is 24.3 Å². The smallest absolute Gasteiger partial charge is 0.236 e. The molecule has 0 aliphatic heterocycles. The number of nitrogens with zero attached hydrogens (tertiary/aromatic N) is 3. The van der Waals surface area contributed by atoms with Gasteiger partial charge in [0.05, 0.1) is 24.1 Å². The van der Waals surface area contributed by atoms with Gasteiger partial charge in [-0.1, -0.05) is 12.1 Å². The second kappa shape index (κ2) is 5.18. The Labute approximate surface area is 106 Å². The van der Waals surface area contributed by atoms with Crippen LogP contribution in [-0.4, -0.2) is 41.0 Å². The molecule has 1 heterocycles. The van der Waals surface area contributed by atoms with Gasteiger partial charge in [-0.15, -0.1) is 0 Å². The standard InChI is InChI=1S/C13H18N4O/c1-16(2)13(18)9-14-8-12-15-10-6-4-5-7-11(10)17(12)3/h4-7,14H,8-9H2,1-3H3. The quantitative estimate of drug-likeness (QED) is 0.866. The Bertz CT molecular complexity index is 559. The molecule has 1 N–H and O–H groups in total. The molecular formula is C13H18N4O. The number of rotatable bonds is 4. The Morgan fingerprint density at radius 1 is 1.39 bits per heavy atom. The number of fused-ring (bicyclic) bond motifs is 1. The van der Waals surface area contributed by atoms with Crippen molar-refractivity contribution in [3.63, 3.8) is 0 Å². The summed E-state index contributed by atoms with van der Waals surface area (Å²) in [5.74, 6) is 0.997. The lowest BCUT2D eigenvalue weighted by molar-refractivity contribution is -0.127. The maximum Gasteiger partial charge on any atom is 0.236 e. The van der Waals surface area contributed by atoms with Gasteiger partial charge in [0, 0.05) is 21.1 Å². The molecule has 96 valence electrons. The Hall–Kier alpha value is -1.88. The first-order chi connectivity index (χ1) is 8.59. The van der Waals surface area contributed by atoms with E-state index in [9.17, 15) is 4.79 Å². The van der Waals surface area contributed by atoms with Crippen LogP contribution in [0.5, 0.6) is 0 Å². The van der Waals surface area contributed by atoms with Crippen molar-refractivity contribution in [2.75, 3.05) is 20.6 Å².